The van der Waals surface area contributed by atoms with Gasteiger partial charge in [-0.2, -0.15) is 0 Å². The molecule has 1 aliphatic rings. The second kappa shape index (κ2) is 7.32. The number of rotatable bonds is 3. The Morgan fingerprint density at radius 1 is 0.926 bits per heavy atom. The van der Waals surface area contributed by atoms with Crippen molar-refractivity contribution in [3.63, 3.8) is 0 Å². The number of amides is 1. The Kier molecular flexibility index (Phi) is 4.73. The lowest BCUT2D eigenvalue weighted by atomic mass is 10.1. The van der Waals surface area contributed by atoms with E-state index in [2.05, 4.69) is 22.1 Å². The van der Waals surface area contributed by atoms with Crippen LogP contribution in [0.4, 0.5) is 0 Å². The van der Waals surface area contributed by atoms with Crippen molar-refractivity contribution in [1.82, 2.24) is 20.0 Å². The SMILES string of the molecule is Cc1cccc(-c2nnc(-c3ccc(C(=O)N4CCN(C)CC4)cc3)o2)c1. The van der Waals surface area contributed by atoms with Crippen molar-refractivity contribution in [2.24, 2.45) is 0 Å². The van der Waals surface area contributed by atoms with Crippen LogP contribution in [0, 0.1) is 6.92 Å². The molecule has 0 N–H and O–H groups in total. The van der Waals surface area contributed by atoms with E-state index >= 15 is 0 Å². The van der Waals surface area contributed by atoms with Crippen molar-refractivity contribution in [2.45, 2.75) is 6.92 Å². The van der Waals surface area contributed by atoms with E-state index in [-0.39, 0.29) is 5.91 Å². The molecule has 1 amide bonds. The number of aryl methyl sites for hydroxylation is 1. The van der Waals surface area contributed by atoms with Gasteiger partial charge < -0.3 is 14.2 Å². The Bertz CT molecular complexity index is 941. The Balaban J connectivity index is 1.50. The molecule has 3 aromatic rings. The highest BCUT2D eigenvalue weighted by Crippen LogP contribution is 2.25. The zero-order valence-corrected chi connectivity index (χ0v) is 15.6. The number of hydrogen-bond donors (Lipinski definition) is 0. The van der Waals surface area contributed by atoms with Gasteiger partial charge in [-0.05, 0) is 50.4 Å². The molecule has 4 rings (SSSR count). The second-order valence-corrected chi connectivity index (χ2v) is 6.95. The number of carbonyl (C=O) groups is 1. The van der Waals surface area contributed by atoms with Crippen LogP contribution in [0.1, 0.15) is 15.9 Å². The summed E-state index contributed by atoms with van der Waals surface area (Å²) in [5.41, 5.74) is 3.52. The van der Waals surface area contributed by atoms with Crippen LogP contribution < -0.4 is 0 Å². The second-order valence-electron chi connectivity index (χ2n) is 6.95. The van der Waals surface area contributed by atoms with Gasteiger partial charge in [-0.25, -0.2) is 0 Å². The van der Waals surface area contributed by atoms with Gasteiger partial charge in [0.1, 0.15) is 0 Å². The molecule has 0 radical (unpaired) electrons. The maximum Gasteiger partial charge on any atom is 0.253 e. The van der Waals surface area contributed by atoms with E-state index < -0.39 is 0 Å². The standard InChI is InChI=1S/C21H22N4O2/c1-15-4-3-5-18(14-15)20-23-22-19(27-20)16-6-8-17(9-7-16)21(26)25-12-10-24(2)11-13-25/h3-9,14H,10-13H2,1-2H3. The highest BCUT2D eigenvalue weighted by molar-refractivity contribution is 5.94. The van der Waals surface area contributed by atoms with Crippen LogP contribution in [0.2, 0.25) is 0 Å². The van der Waals surface area contributed by atoms with E-state index in [1.165, 1.54) is 0 Å². The molecular formula is C21H22N4O2. The summed E-state index contributed by atoms with van der Waals surface area (Å²) in [5.74, 6) is 1.01. The summed E-state index contributed by atoms with van der Waals surface area (Å²) in [6.45, 7) is 5.37. The van der Waals surface area contributed by atoms with Gasteiger partial charge >= 0.3 is 0 Å². The number of aromatic nitrogens is 2. The summed E-state index contributed by atoms with van der Waals surface area (Å²) in [7, 11) is 2.08. The Hall–Kier alpha value is -2.99. The van der Waals surface area contributed by atoms with Crippen LogP contribution in [-0.2, 0) is 0 Å². The molecule has 1 fully saturated rings. The molecule has 0 bridgehead atoms. The Morgan fingerprint density at radius 3 is 2.26 bits per heavy atom. The number of benzene rings is 2. The third-order valence-electron chi connectivity index (χ3n) is 4.86. The van der Waals surface area contributed by atoms with Crippen molar-refractivity contribution in [3.8, 4) is 22.9 Å². The fourth-order valence-electron chi connectivity index (χ4n) is 3.18. The predicted molar refractivity (Wildman–Crippen MR) is 103 cm³/mol. The van der Waals surface area contributed by atoms with Crippen LogP contribution in [-0.4, -0.2) is 59.1 Å². The molecule has 138 valence electrons. The van der Waals surface area contributed by atoms with Gasteiger partial charge in [0.25, 0.3) is 5.91 Å². The van der Waals surface area contributed by atoms with Crippen LogP contribution >= 0.6 is 0 Å². The van der Waals surface area contributed by atoms with Crippen LogP contribution in [0.3, 0.4) is 0 Å². The maximum atomic E-state index is 12.6. The summed E-state index contributed by atoms with van der Waals surface area (Å²) in [5, 5.41) is 8.29. The van der Waals surface area contributed by atoms with Crippen LogP contribution in [0.5, 0.6) is 0 Å². The molecule has 1 saturated heterocycles. The van der Waals surface area contributed by atoms with Gasteiger partial charge in [-0.15, -0.1) is 10.2 Å². The first-order chi connectivity index (χ1) is 13.1. The van der Waals surface area contributed by atoms with Gasteiger partial charge in [0.2, 0.25) is 11.8 Å². The van der Waals surface area contributed by atoms with Crippen molar-refractivity contribution in [2.75, 3.05) is 33.2 Å². The minimum absolute atomic E-state index is 0.0700. The molecule has 0 atom stereocenters. The van der Waals surface area contributed by atoms with Gasteiger partial charge in [-0.1, -0.05) is 17.7 Å². The van der Waals surface area contributed by atoms with E-state index in [0.717, 1.165) is 42.9 Å². The lowest BCUT2D eigenvalue weighted by molar-refractivity contribution is 0.0664. The predicted octanol–water partition coefficient (Wildman–Crippen LogP) is 3.10. The zero-order valence-electron chi connectivity index (χ0n) is 15.6. The Morgan fingerprint density at radius 2 is 1.59 bits per heavy atom. The monoisotopic (exact) mass is 362 g/mol. The Labute approximate surface area is 158 Å². The zero-order chi connectivity index (χ0) is 18.8. The highest BCUT2D eigenvalue weighted by atomic mass is 16.4. The van der Waals surface area contributed by atoms with E-state index in [0.29, 0.717) is 17.3 Å². The normalized spacial score (nSPS) is 15.1. The molecule has 2 aromatic carbocycles. The number of hydrogen-bond acceptors (Lipinski definition) is 5. The minimum atomic E-state index is 0.0700. The van der Waals surface area contributed by atoms with Gasteiger partial charge in [0, 0.05) is 42.9 Å². The molecule has 1 aromatic heterocycles. The first-order valence-corrected chi connectivity index (χ1v) is 9.09. The van der Waals surface area contributed by atoms with Crippen molar-refractivity contribution < 1.29 is 9.21 Å². The minimum Gasteiger partial charge on any atom is -0.416 e. The van der Waals surface area contributed by atoms with E-state index in [1.54, 1.807) is 0 Å². The molecule has 0 aliphatic carbocycles. The molecule has 27 heavy (non-hydrogen) atoms. The number of piperazine rings is 1. The lowest BCUT2D eigenvalue weighted by Gasteiger charge is -2.32. The summed E-state index contributed by atoms with van der Waals surface area (Å²) in [6, 6.07) is 15.3. The fraction of sp³-hybridized carbons (Fsp3) is 0.286. The maximum absolute atomic E-state index is 12.6. The number of nitrogens with zero attached hydrogens (tertiary/aromatic N) is 4. The number of carbonyl (C=O) groups excluding carboxylic acids is 1. The smallest absolute Gasteiger partial charge is 0.253 e. The van der Waals surface area contributed by atoms with Crippen LogP contribution in [0.25, 0.3) is 22.9 Å². The van der Waals surface area contributed by atoms with Crippen molar-refractivity contribution >= 4 is 5.91 Å². The van der Waals surface area contributed by atoms with Gasteiger partial charge in [0.15, 0.2) is 0 Å². The molecule has 0 spiro atoms. The third kappa shape index (κ3) is 3.75. The summed E-state index contributed by atoms with van der Waals surface area (Å²) in [6.07, 6.45) is 0. The summed E-state index contributed by atoms with van der Waals surface area (Å²) >= 11 is 0. The first kappa shape index (κ1) is 17.4. The van der Waals surface area contributed by atoms with E-state index in [4.69, 9.17) is 4.42 Å². The average molecular weight is 362 g/mol. The molecule has 0 saturated carbocycles. The van der Waals surface area contributed by atoms with Gasteiger partial charge in [0.05, 0.1) is 0 Å². The van der Waals surface area contributed by atoms with Crippen LogP contribution in [0.15, 0.2) is 52.9 Å². The quantitative estimate of drug-likeness (QED) is 0.716. The number of likely N-dealkylation sites (N-methyl/N-ethyl adjacent to an activating group) is 1. The van der Waals surface area contributed by atoms with Crippen molar-refractivity contribution in [3.05, 3.63) is 59.7 Å². The third-order valence-corrected chi connectivity index (χ3v) is 4.86. The highest BCUT2D eigenvalue weighted by Gasteiger charge is 2.20. The topological polar surface area (TPSA) is 62.5 Å². The molecule has 0 unspecified atom stereocenters. The summed E-state index contributed by atoms with van der Waals surface area (Å²) < 4.78 is 5.82. The summed E-state index contributed by atoms with van der Waals surface area (Å²) in [4.78, 5) is 16.8. The lowest BCUT2D eigenvalue weighted by Crippen LogP contribution is -2.47. The van der Waals surface area contributed by atoms with E-state index in [1.807, 2.05) is 60.4 Å². The van der Waals surface area contributed by atoms with Gasteiger partial charge in [-0.3, -0.25) is 4.79 Å². The molecule has 1 aliphatic heterocycles. The molecule has 6 nitrogen and oxygen atoms in total. The van der Waals surface area contributed by atoms with E-state index in [9.17, 15) is 4.79 Å². The first-order valence-electron chi connectivity index (χ1n) is 9.09. The average Bonchev–Trinajstić information content (AvgIpc) is 3.18. The van der Waals surface area contributed by atoms with Crippen molar-refractivity contribution in [1.29, 1.82) is 0 Å². The fourth-order valence-corrected chi connectivity index (χ4v) is 3.18. The molecular weight excluding hydrogens is 340 g/mol. The molecule has 6 heteroatoms. The largest absolute Gasteiger partial charge is 0.416 e. The molecule has 2 heterocycles.